The molecule has 0 radical (unpaired) electrons. The Bertz CT molecular complexity index is 5500. The first kappa shape index (κ1) is 58.9. The Hall–Kier alpha value is -10.9. The summed E-state index contributed by atoms with van der Waals surface area (Å²) in [5, 5.41) is 7.34. The third-order valence-electron chi connectivity index (χ3n) is 20.6. The van der Waals surface area contributed by atoms with E-state index in [9.17, 15) is 0 Å². The molecule has 0 fully saturated rings. The van der Waals surface area contributed by atoms with Crippen molar-refractivity contribution in [3.05, 3.63) is 314 Å². The molecular weight excluding hydrogens is 1160 g/mol. The van der Waals surface area contributed by atoms with Gasteiger partial charge in [-0.15, -0.1) is 0 Å². The fraction of sp³-hybridized carbons (Fsp3) is 0.130. The minimum Gasteiger partial charge on any atom is -0.311 e. The highest BCUT2D eigenvalue weighted by molar-refractivity contribution is 7.00. The zero-order valence-electron chi connectivity index (χ0n) is 56.2. The Labute approximate surface area is 565 Å². The van der Waals surface area contributed by atoms with Crippen LogP contribution in [0.4, 0.5) is 34.1 Å². The second-order valence-corrected chi connectivity index (χ2v) is 29.7. The average Bonchev–Trinajstić information content (AvgIpc) is 0.750. The topological polar surface area (TPSA) is 11.4 Å². The molecule has 0 saturated heterocycles. The SMILES string of the molecule is CC(C)(C)c1ccc(-c2cc3c4c(c2)N(c2ccc5ccccc5c2-c2ccccc2)c2cc(-c5ccccc5)c(-c5ccccc5)cc2B4c2cc(-n4c5ccc(C(C)(C)C)cc5c5cc(C(C)(C)C)ccc54)ccc2N3c2ccc3ccccc3c2-c2ccccc2)cc1. The minimum absolute atomic E-state index is 0.0274. The predicted molar refractivity (Wildman–Crippen MR) is 413 cm³/mol. The zero-order chi connectivity index (χ0) is 65.4. The fourth-order valence-corrected chi connectivity index (χ4v) is 15.7. The summed E-state index contributed by atoms with van der Waals surface area (Å²) >= 11 is 0. The van der Waals surface area contributed by atoms with Crippen LogP contribution in [0.1, 0.15) is 79.0 Å². The summed E-state index contributed by atoms with van der Waals surface area (Å²) in [6, 6.07) is 113. The minimum atomic E-state index is -0.258. The summed E-state index contributed by atoms with van der Waals surface area (Å²) in [4.78, 5) is 5.33. The van der Waals surface area contributed by atoms with Crippen molar-refractivity contribution in [1.29, 1.82) is 0 Å². The maximum absolute atomic E-state index is 2.67. The molecule has 3 heterocycles. The van der Waals surface area contributed by atoms with E-state index in [0.717, 1.165) is 62.1 Å². The number of rotatable bonds is 8. The molecule has 0 bridgehead atoms. The van der Waals surface area contributed by atoms with Crippen molar-refractivity contribution < 1.29 is 0 Å². The van der Waals surface area contributed by atoms with Crippen LogP contribution in [0.25, 0.3) is 105 Å². The van der Waals surface area contributed by atoms with Crippen LogP contribution in [-0.4, -0.2) is 11.3 Å². The van der Waals surface area contributed by atoms with E-state index in [1.807, 2.05) is 0 Å². The van der Waals surface area contributed by atoms with Crippen LogP contribution < -0.4 is 26.2 Å². The predicted octanol–water partition coefficient (Wildman–Crippen LogP) is 23.4. The normalized spacial score (nSPS) is 13.0. The molecular formula is C92H76BN3. The molecule has 0 spiro atoms. The summed E-state index contributed by atoms with van der Waals surface area (Å²) in [5.74, 6) is 0. The van der Waals surface area contributed by atoms with Crippen molar-refractivity contribution in [2.75, 3.05) is 9.80 Å². The first-order chi connectivity index (χ1) is 46.5. The van der Waals surface area contributed by atoms with Gasteiger partial charge >= 0.3 is 0 Å². The Morgan fingerprint density at radius 2 is 0.667 bits per heavy atom. The Morgan fingerprint density at radius 1 is 0.260 bits per heavy atom. The summed E-state index contributed by atoms with van der Waals surface area (Å²) in [6.07, 6.45) is 0. The van der Waals surface area contributed by atoms with Crippen molar-refractivity contribution in [1.82, 2.24) is 4.57 Å². The number of aromatic nitrogens is 1. The monoisotopic (exact) mass is 1230 g/mol. The van der Waals surface area contributed by atoms with Crippen molar-refractivity contribution in [2.45, 2.75) is 78.6 Å². The highest BCUT2D eigenvalue weighted by Crippen LogP contribution is 2.53. The Kier molecular flexibility index (Phi) is 13.7. The van der Waals surface area contributed by atoms with Crippen LogP contribution in [-0.2, 0) is 16.2 Å². The van der Waals surface area contributed by atoms with Gasteiger partial charge in [0.2, 0.25) is 0 Å². The van der Waals surface area contributed by atoms with E-state index in [1.54, 1.807) is 0 Å². The molecule has 0 unspecified atom stereocenters. The first-order valence-electron chi connectivity index (χ1n) is 34.1. The lowest BCUT2D eigenvalue weighted by Gasteiger charge is -2.45. The van der Waals surface area contributed by atoms with Crippen molar-refractivity contribution in [3.8, 4) is 61.3 Å². The number of anilines is 6. The second-order valence-electron chi connectivity index (χ2n) is 29.7. The lowest BCUT2D eigenvalue weighted by Crippen LogP contribution is -2.61. The van der Waals surface area contributed by atoms with Crippen LogP contribution in [0.3, 0.4) is 0 Å². The van der Waals surface area contributed by atoms with Gasteiger partial charge in [0, 0.05) is 50.3 Å². The first-order valence-corrected chi connectivity index (χ1v) is 34.1. The van der Waals surface area contributed by atoms with Gasteiger partial charge in [-0.3, -0.25) is 0 Å². The van der Waals surface area contributed by atoms with E-state index >= 15 is 0 Å². The Balaban J connectivity index is 1.06. The maximum Gasteiger partial charge on any atom is 0.252 e. The van der Waals surface area contributed by atoms with Gasteiger partial charge in [-0.25, -0.2) is 0 Å². The highest BCUT2D eigenvalue weighted by atomic mass is 15.2. The summed E-state index contributed by atoms with van der Waals surface area (Å²) in [5.41, 5.74) is 29.6. The lowest BCUT2D eigenvalue weighted by molar-refractivity contribution is 0.590. The van der Waals surface area contributed by atoms with Gasteiger partial charge in [-0.2, -0.15) is 0 Å². The molecule has 0 atom stereocenters. The van der Waals surface area contributed by atoms with Gasteiger partial charge < -0.3 is 14.4 Å². The molecule has 17 rings (SSSR count). The van der Waals surface area contributed by atoms with E-state index in [0.29, 0.717) is 0 Å². The lowest BCUT2D eigenvalue weighted by atomic mass is 9.33. The van der Waals surface area contributed by atoms with Gasteiger partial charge in [0.15, 0.2) is 0 Å². The van der Waals surface area contributed by atoms with Crippen LogP contribution >= 0.6 is 0 Å². The van der Waals surface area contributed by atoms with Crippen molar-refractivity contribution in [3.63, 3.8) is 0 Å². The molecule has 462 valence electrons. The van der Waals surface area contributed by atoms with Gasteiger partial charge in [-0.05, 0) is 188 Å². The fourth-order valence-electron chi connectivity index (χ4n) is 15.7. The molecule has 2 aliphatic heterocycles. The molecule has 15 aromatic rings. The molecule has 2 aliphatic rings. The van der Waals surface area contributed by atoms with Gasteiger partial charge in [0.05, 0.1) is 22.4 Å². The Morgan fingerprint density at radius 3 is 1.15 bits per heavy atom. The summed E-state index contributed by atoms with van der Waals surface area (Å²) in [7, 11) is 0. The van der Waals surface area contributed by atoms with Crippen LogP contribution in [0.15, 0.2) is 297 Å². The van der Waals surface area contributed by atoms with Gasteiger partial charge in [0.25, 0.3) is 6.71 Å². The van der Waals surface area contributed by atoms with E-state index in [4.69, 9.17) is 0 Å². The van der Waals surface area contributed by atoms with Gasteiger partial charge in [0.1, 0.15) is 0 Å². The maximum atomic E-state index is 2.67. The van der Waals surface area contributed by atoms with E-state index in [2.05, 4.69) is 374 Å². The number of benzene rings is 14. The van der Waals surface area contributed by atoms with E-state index in [-0.39, 0.29) is 23.0 Å². The molecule has 0 N–H and O–H groups in total. The molecule has 0 saturated carbocycles. The molecule has 3 nitrogen and oxygen atoms in total. The second kappa shape index (κ2) is 22.4. The van der Waals surface area contributed by atoms with Crippen molar-refractivity contribution >= 4 is 101 Å². The number of fused-ring (bicyclic) bond motifs is 9. The number of hydrogen-bond donors (Lipinski definition) is 0. The summed E-state index contributed by atoms with van der Waals surface area (Å²) in [6.45, 7) is 20.7. The highest BCUT2D eigenvalue weighted by Gasteiger charge is 2.46. The van der Waals surface area contributed by atoms with Crippen molar-refractivity contribution in [2.24, 2.45) is 0 Å². The molecule has 4 heteroatoms. The molecule has 14 aromatic carbocycles. The third kappa shape index (κ3) is 9.71. The number of nitrogens with zero attached hydrogens (tertiary/aromatic N) is 3. The van der Waals surface area contributed by atoms with Crippen LogP contribution in [0, 0.1) is 0 Å². The molecule has 96 heavy (non-hydrogen) atoms. The largest absolute Gasteiger partial charge is 0.311 e. The van der Waals surface area contributed by atoms with E-state index in [1.165, 1.54) is 110 Å². The smallest absolute Gasteiger partial charge is 0.252 e. The van der Waals surface area contributed by atoms with Crippen LogP contribution in [0.2, 0.25) is 0 Å². The van der Waals surface area contributed by atoms with Gasteiger partial charge in [-0.1, -0.05) is 287 Å². The third-order valence-corrected chi connectivity index (χ3v) is 20.6. The van der Waals surface area contributed by atoms with E-state index < -0.39 is 0 Å². The van der Waals surface area contributed by atoms with Crippen LogP contribution in [0.5, 0.6) is 0 Å². The molecule has 1 aromatic heterocycles. The zero-order valence-corrected chi connectivity index (χ0v) is 56.2. The quantitative estimate of drug-likeness (QED) is 0.141. The average molecular weight is 1230 g/mol. The molecule has 0 aliphatic carbocycles. The standard InChI is InChI=1S/C92H76BN3/c1-90(2,3)67-42-38-59(39-43-67)66-52-85-89-86(53-66)96(83-48-41-63-31-23-25-37-72(63)88(83)65-34-20-13-21-35-65)84-58-74(61-28-16-11-17-29-61)73(60-26-14-10-15-27-60)57-78(84)93(89)77-56-70(94-79-49-44-68(91(4,5)6)54-75(79)76-55-69(92(7,8)9)45-50-80(76)94)46-51-81(77)95(85)82-47-40-62-30-22-24-36-71(62)87(82)64-32-18-12-19-33-64/h10-58H,1-9H3. The molecule has 0 amide bonds. The summed E-state index contributed by atoms with van der Waals surface area (Å²) < 4.78 is 2.56. The number of hydrogen-bond acceptors (Lipinski definition) is 2.